The van der Waals surface area contributed by atoms with E-state index in [9.17, 15) is 40.2 Å². The molecule has 14 heteroatoms. The molecule has 0 aromatic rings. The van der Waals surface area contributed by atoms with Crippen molar-refractivity contribution in [2.45, 2.75) is 125 Å². The normalized spacial score (nSPS) is 47.2. The molecule has 0 radical (unpaired) electrons. The molecule has 0 amide bonds. The summed E-state index contributed by atoms with van der Waals surface area (Å²) in [6, 6.07) is -1.08. The number of cyclic esters (lactones) is 1. The van der Waals surface area contributed by atoms with E-state index in [-0.39, 0.29) is 25.4 Å². The first kappa shape index (κ1) is 37.1. The Hall–Kier alpha value is -2.76. The Morgan fingerprint density at radius 3 is 2.36 bits per heavy atom. The van der Waals surface area contributed by atoms with E-state index in [1.807, 2.05) is 6.08 Å². The summed E-state index contributed by atoms with van der Waals surface area (Å²) in [6.45, 7) is 3.34. The smallest absolute Gasteiger partial charge is 0.330 e. The number of carbonyl (C=O) groups is 2. The van der Waals surface area contributed by atoms with E-state index < -0.39 is 97.3 Å². The van der Waals surface area contributed by atoms with Crippen molar-refractivity contribution in [1.82, 2.24) is 0 Å². The molecule has 14 atom stereocenters. The first-order valence-electron chi connectivity index (χ1n) is 15.9. The molecule has 4 heterocycles. The monoisotopic (exact) mass is 665 g/mol. The van der Waals surface area contributed by atoms with Crippen molar-refractivity contribution in [3.63, 3.8) is 0 Å². The van der Waals surface area contributed by atoms with Crippen molar-refractivity contribution >= 4 is 11.9 Å². The number of hydrogen-bond acceptors (Lipinski definition) is 13. The molecule has 3 saturated heterocycles. The van der Waals surface area contributed by atoms with Crippen molar-refractivity contribution in [2.75, 3.05) is 0 Å². The quantitative estimate of drug-likeness (QED) is 0.157. The highest BCUT2D eigenvalue weighted by atomic mass is 16.7. The number of epoxide rings is 1. The van der Waals surface area contributed by atoms with E-state index in [2.05, 4.69) is 0 Å². The molecule has 2 bridgehead atoms. The fourth-order valence-corrected chi connectivity index (χ4v) is 6.00. The van der Waals surface area contributed by atoms with Gasteiger partial charge < -0.3 is 60.1 Å². The second-order valence-electron chi connectivity index (χ2n) is 12.6. The zero-order chi connectivity index (χ0) is 34.3. The van der Waals surface area contributed by atoms with Gasteiger partial charge >= 0.3 is 11.9 Å². The Balaban J connectivity index is 1.58. The van der Waals surface area contributed by atoms with Crippen molar-refractivity contribution in [1.29, 1.82) is 0 Å². The Morgan fingerprint density at radius 1 is 0.936 bits per heavy atom. The maximum absolute atomic E-state index is 12.3. The lowest BCUT2D eigenvalue weighted by Gasteiger charge is -2.45. The molecule has 4 aliphatic rings. The molecule has 0 unspecified atom stereocenters. The third kappa shape index (κ3) is 10.6. The van der Waals surface area contributed by atoms with Crippen molar-refractivity contribution in [2.24, 2.45) is 11.7 Å². The van der Waals surface area contributed by atoms with Crippen LogP contribution in [0.4, 0.5) is 0 Å². The molecule has 0 saturated carbocycles. The molecule has 4 rings (SSSR count). The summed E-state index contributed by atoms with van der Waals surface area (Å²) < 4.78 is 28.5. The van der Waals surface area contributed by atoms with Crippen molar-refractivity contribution in [3.8, 4) is 0 Å². The molecule has 0 aromatic heterocycles. The van der Waals surface area contributed by atoms with Crippen LogP contribution >= 0.6 is 0 Å². The van der Waals surface area contributed by atoms with Gasteiger partial charge in [-0.2, -0.15) is 0 Å². The lowest BCUT2D eigenvalue weighted by Crippen LogP contribution is -2.61. The highest BCUT2D eigenvalue weighted by molar-refractivity contribution is 5.82. The minimum absolute atomic E-state index is 0.0789. The summed E-state index contributed by atoms with van der Waals surface area (Å²) in [5.74, 6) is -5.45. The number of aliphatic hydroxyl groups is 5. The molecule has 47 heavy (non-hydrogen) atoms. The van der Waals surface area contributed by atoms with E-state index in [0.717, 1.165) is 0 Å². The largest absolute Gasteiger partial charge is 0.481 e. The molecule has 262 valence electrons. The summed E-state index contributed by atoms with van der Waals surface area (Å²) in [6.07, 6.45) is 5.25. The van der Waals surface area contributed by atoms with Gasteiger partial charge in [0.25, 0.3) is 0 Å². The van der Waals surface area contributed by atoms with Crippen molar-refractivity contribution in [3.05, 3.63) is 60.8 Å². The summed E-state index contributed by atoms with van der Waals surface area (Å²) in [5.41, 5.74) is 5.98. The van der Waals surface area contributed by atoms with Crippen LogP contribution in [0.5, 0.6) is 0 Å². The number of fused-ring (bicyclic) bond motifs is 3. The summed E-state index contributed by atoms with van der Waals surface area (Å²) in [5, 5.41) is 63.9. The zero-order valence-electron chi connectivity index (χ0n) is 26.4. The van der Waals surface area contributed by atoms with Gasteiger partial charge in [-0.3, -0.25) is 4.79 Å². The first-order chi connectivity index (χ1) is 22.3. The lowest BCUT2D eigenvalue weighted by molar-refractivity contribution is -0.308. The van der Waals surface area contributed by atoms with E-state index in [1.165, 1.54) is 12.2 Å². The highest BCUT2D eigenvalue weighted by Crippen LogP contribution is 2.39. The molecule has 4 aliphatic heterocycles. The molecule has 14 nitrogen and oxygen atoms in total. The van der Waals surface area contributed by atoms with Gasteiger partial charge in [-0.15, -0.1) is 0 Å². The van der Waals surface area contributed by atoms with Crippen LogP contribution < -0.4 is 5.73 Å². The van der Waals surface area contributed by atoms with Crippen molar-refractivity contribution < 1.29 is 63.9 Å². The number of hydrogen-bond donors (Lipinski definition) is 7. The Morgan fingerprint density at radius 2 is 1.64 bits per heavy atom. The summed E-state index contributed by atoms with van der Waals surface area (Å²) in [7, 11) is 0. The SMILES string of the molecule is C[C@@H]1C/C=C/C=C/C=C/C=C/[C@@H](O[C@@H]2O[C@H](C)[C@@H](O)[C@H](N)[C@@H]2O)C[C@@H]2O[C@](O)(C[C@@H](O)C[C@@H]3O[C@H]3/C=C/C(=O)O1)C[C@H](O)[C@H]2C(=O)O. The summed E-state index contributed by atoms with van der Waals surface area (Å²) in [4.78, 5) is 24.4. The van der Waals surface area contributed by atoms with Gasteiger partial charge in [0, 0.05) is 38.2 Å². The van der Waals surface area contributed by atoms with Crippen LogP contribution in [-0.2, 0) is 33.3 Å². The van der Waals surface area contributed by atoms with Crippen LogP contribution in [0.25, 0.3) is 0 Å². The fraction of sp³-hybridized carbons (Fsp3) is 0.636. The van der Waals surface area contributed by atoms with Gasteiger partial charge in [0.2, 0.25) is 0 Å². The zero-order valence-corrected chi connectivity index (χ0v) is 26.4. The molecule has 3 fully saturated rings. The number of carboxylic acid groups (broad SMARTS) is 1. The van der Waals surface area contributed by atoms with Gasteiger partial charge in [0.15, 0.2) is 12.1 Å². The molecule has 0 spiro atoms. The third-order valence-corrected chi connectivity index (χ3v) is 8.58. The van der Waals surface area contributed by atoms with Gasteiger partial charge in [-0.05, 0) is 19.9 Å². The second kappa shape index (κ2) is 16.6. The van der Waals surface area contributed by atoms with E-state index in [1.54, 1.807) is 56.4 Å². The van der Waals surface area contributed by atoms with Crippen LogP contribution in [0.3, 0.4) is 0 Å². The predicted octanol–water partition coefficient (Wildman–Crippen LogP) is 0.120. The Labute approximate surface area is 273 Å². The fourth-order valence-electron chi connectivity index (χ4n) is 6.00. The average Bonchev–Trinajstić information content (AvgIpc) is 3.72. The van der Waals surface area contributed by atoms with Gasteiger partial charge in [0.1, 0.15) is 24.2 Å². The molecule has 8 N–H and O–H groups in total. The number of ether oxygens (including phenoxy) is 5. The van der Waals surface area contributed by atoms with Crippen LogP contribution in [0.1, 0.15) is 46.0 Å². The number of carboxylic acids is 1. The predicted molar refractivity (Wildman–Crippen MR) is 165 cm³/mol. The number of esters is 1. The molecular weight excluding hydrogens is 618 g/mol. The summed E-state index contributed by atoms with van der Waals surface area (Å²) >= 11 is 0. The van der Waals surface area contributed by atoms with Crippen LogP contribution in [0.2, 0.25) is 0 Å². The maximum Gasteiger partial charge on any atom is 0.330 e. The van der Waals surface area contributed by atoms with Crippen LogP contribution in [0, 0.1) is 5.92 Å². The second-order valence-corrected chi connectivity index (χ2v) is 12.6. The number of nitrogens with two attached hydrogens (primary N) is 1. The Kier molecular flexibility index (Phi) is 13.1. The van der Waals surface area contributed by atoms with Gasteiger partial charge in [-0.25, -0.2) is 4.79 Å². The first-order valence-corrected chi connectivity index (χ1v) is 15.9. The standard InChI is InChI=1S/C33H47NO13/c1-18-10-8-6-4-3-5-7-9-11-21(45-32-30(39)28(34)29(38)19(2)44-32)15-25-27(31(40)41)22(36)17-33(42,47-25)16-20(35)14-24-23(46-24)12-13-26(37)43-18/h3-9,11-13,18-25,27-30,32,35-36,38-39,42H,10,14-17,34H2,1-2H3,(H,40,41)/b4-3+,7-5+,8-6+,11-9+,13-12+/t18-,19-,20+,21-,22+,23+,24+,25+,27-,28+,29-,30+,32+,33-/m1/s1. The topological polar surface area (TPSA) is 231 Å². The minimum Gasteiger partial charge on any atom is -0.481 e. The van der Waals surface area contributed by atoms with Gasteiger partial charge in [0.05, 0.1) is 48.8 Å². The number of carbonyl (C=O) groups excluding carboxylic acids is 1. The number of aliphatic hydroxyl groups excluding tert-OH is 4. The average molecular weight is 666 g/mol. The molecular formula is C33H47NO13. The lowest BCUT2D eigenvalue weighted by atomic mass is 9.83. The van der Waals surface area contributed by atoms with Crippen LogP contribution in [0.15, 0.2) is 60.8 Å². The molecule has 0 aliphatic carbocycles. The van der Waals surface area contributed by atoms with E-state index in [4.69, 9.17) is 29.4 Å². The van der Waals surface area contributed by atoms with E-state index >= 15 is 0 Å². The number of aliphatic carboxylic acids is 1. The third-order valence-electron chi connectivity index (χ3n) is 8.58. The molecule has 0 aromatic carbocycles. The Bertz CT molecular complexity index is 1220. The number of rotatable bonds is 3. The number of allylic oxidation sites excluding steroid dienone is 6. The minimum atomic E-state index is -2.10. The van der Waals surface area contributed by atoms with Gasteiger partial charge in [-0.1, -0.05) is 48.6 Å². The van der Waals surface area contributed by atoms with E-state index in [0.29, 0.717) is 6.42 Å². The van der Waals surface area contributed by atoms with Crippen LogP contribution in [-0.4, -0.2) is 122 Å². The highest BCUT2D eigenvalue weighted by Gasteiger charge is 2.51. The maximum atomic E-state index is 12.3.